The number of hydrogen-bond donors (Lipinski definition) is 1. The van der Waals surface area contributed by atoms with Gasteiger partial charge in [-0.3, -0.25) is 0 Å². The number of halogens is 1. The number of benzene rings is 4. The summed E-state index contributed by atoms with van der Waals surface area (Å²) < 4.78 is 12.9. The van der Waals surface area contributed by atoms with Crippen LogP contribution >= 0.6 is 29.4 Å². The molecule has 1 fully saturated rings. The van der Waals surface area contributed by atoms with Crippen molar-refractivity contribution in [2.75, 3.05) is 13.2 Å². The molecule has 5 nitrogen and oxygen atoms in total. The number of alkyl carbamates (subject to hydrolysis) is 1. The number of nitrogens with one attached hydrogen (secondary N) is 1. The van der Waals surface area contributed by atoms with Gasteiger partial charge in [0, 0.05) is 4.47 Å². The number of ether oxygens (including phenoxy) is 2. The molecule has 0 saturated carbocycles. The molecule has 4 aromatic carbocycles. The third-order valence-electron chi connectivity index (χ3n) is 5.73. The van der Waals surface area contributed by atoms with E-state index >= 15 is 0 Å². The molecule has 4 aromatic rings. The van der Waals surface area contributed by atoms with E-state index in [0.717, 1.165) is 21.2 Å². The Hall–Kier alpha value is -3.57. The molecule has 37 heavy (non-hydrogen) atoms. The van der Waals surface area contributed by atoms with Gasteiger partial charge in [-0.05, 0) is 16.7 Å². The summed E-state index contributed by atoms with van der Waals surface area (Å²) in [6.07, 6.45) is -0.707. The fourth-order valence-corrected chi connectivity index (χ4v) is 4.29. The summed E-state index contributed by atoms with van der Waals surface area (Å²) in [5.74, 6) is 0. The zero-order valence-electron chi connectivity index (χ0n) is 20.0. The predicted octanol–water partition coefficient (Wildman–Crippen LogP) is 7.22. The van der Waals surface area contributed by atoms with Crippen molar-refractivity contribution in [1.82, 2.24) is 5.32 Å². The van der Waals surface area contributed by atoms with Crippen LogP contribution in [0.2, 0.25) is 0 Å². The molecule has 1 amide bonds. The van der Waals surface area contributed by atoms with Crippen LogP contribution in [-0.4, -0.2) is 25.3 Å². The van der Waals surface area contributed by atoms with Gasteiger partial charge in [0.25, 0.3) is 0 Å². The summed E-state index contributed by atoms with van der Waals surface area (Å²) >= 11 is 3.27. The maximum absolute atomic E-state index is 11.4. The highest BCUT2D eigenvalue weighted by molar-refractivity contribution is 9.10. The van der Waals surface area contributed by atoms with Gasteiger partial charge in [-0.1, -0.05) is 131 Å². The average Bonchev–Trinajstić information content (AvgIpc) is 3.37. The van der Waals surface area contributed by atoms with Crippen LogP contribution in [0.1, 0.15) is 16.7 Å². The lowest BCUT2D eigenvalue weighted by molar-refractivity contribution is -0.0296. The summed E-state index contributed by atoms with van der Waals surface area (Å²) in [6.45, 7) is 7.36. The molecule has 1 saturated heterocycles. The number of cyclic esters (lactones) is 1. The quantitative estimate of drug-likeness (QED) is 0.195. The topological polar surface area (TPSA) is 51.9 Å². The van der Waals surface area contributed by atoms with Gasteiger partial charge in [-0.15, -0.1) is 0 Å². The van der Waals surface area contributed by atoms with Crippen molar-refractivity contribution in [3.05, 3.63) is 148 Å². The lowest BCUT2D eigenvalue weighted by Gasteiger charge is -2.36. The van der Waals surface area contributed by atoms with E-state index in [1.54, 1.807) is 12.1 Å². The SMILES string of the molecule is O=C1NC[C@@H](COC(c2ccccc2)(c2ccccc2)c2ccccc2)O1.S.[C-]#[N+]c1ccc(Br)cc1. The third kappa shape index (κ3) is 7.01. The van der Waals surface area contributed by atoms with Crippen LogP contribution in [0.4, 0.5) is 10.5 Å². The number of amides is 1. The van der Waals surface area contributed by atoms with E-state index in [1.165, 1.54) is 0 Å². The molecule has 1 N–H and O–H groups in total. The second-order valence-electron chi connectivity index (χ2n) is 8.09. The molecule has 0 unspecified atom stereocenters. The highest BCUT2D eigenvalue weighted by Gasteiger charge is 2.39. The van der Waals surface area contributed by atoms with Gasteiger partial charge in [0.05, 0.1) is 19.7 Å². The summed E-state index contributed by atoms with van der Waals surface area (Å²) in [5, 5.41) is 2.68. The predicted molar refractivity (Wildman–Crippen MR) is 154 cm³/mol. The molecule has 188 valence electrons. The Morgan fingerprint density at radius 3 is 1.68 bits per heavy atom. The van der Waals surface area contributed by atoms with Gasteiger partial charge < -0.3 is 14.8 Å². The molecule has 0 radical (unpaired) electrons. The van der Waals surface area contributed by atoms with Crippen LogP contribution in [0.25, 0.3) is 4.85 Å². The van der Waals surface area contributed by atoms with Crippen LogP contribution in [0.15, 0.2) is 120 Å². The largest absolute Gasteiger partial charge is 0.442 e. The highest BCUT2D eigenvalue weighted by atomic mass is 79.9. The Morgan fingerprint density at radius 1 is 0.838 bits per heavy atom. The van der Waals surface area contributed by atoms with E-state index in [0.29, 0.717) is 12.2 Å². The van der Waals surface area contributed by atoms with E-state index in [2.05, 4.69) is 62.5 Å². The summed E-state index contributed by atoms with van der Waals surface area (Å²) in [4.78, 5) is 14.6. The van der Waals surface area contributed by atoms with Crippen LogP contribution in [0.3, 0.4) is 0 Å². The van der Waals surface area contributed by atoms with Crippen LogP contribution in [0, 0.1) is 6.57 Å². The Balaban J connectivity index is 0.000000324. The average molecular weight is 576 g/mol. The Morgan fingerprint density at radius 2 is 1.30 bits per heavy atom. The molecule has 7 heteroatoms. The van der Waals surface area contributed by atoms with Gasteiger partial charge in [0.2, 0.25) is 0 Å². The molecule has 1 aliphatic rings. The molecule has 5 rings (SSSR count). The van der Waals surface area contributed by atoms with Crippen molar-refractivity contribution < 1.29 is 14.3 Å². The first-order chi connectivity index (χ1) is 17.6. The first-order valence-corrected chi connectivity index (χ1v) is 12.3. The van der Waals surface area contributed by atoms with E-state index in [4.69, 9.17) is 16.0 Å². The van der Waals surface area contributed by atoms with E-state index in [-0.39, 0.29) is 26.2 Å². The van der Waals surface area contributed by atoms with E-state index in [9.17, 15) is 4.79 Å². The maximum atomic E-state index is 11.4. The normalized spacial score (nSPS) is 14.2. The Labute approximate surface area is 232 Å². The minimum Gasteiger partial charge on any atom is -0.442 e. The Kier molecular flexibility index (Phi) is 10.3. The molecule has 0 aliphatic carbocycles. The zero-order valence-corrected chi connectivity index (χ0v) is 22.6. The monoisotopic (exact) mass is 574 g/mol. The second kappa shape index (κ2) is 13.7. The smallest absolute Gasteiger partial charge is 0.407 e. The lowest BCUT2D eigenvalue weighted by atomic mass is 9.80. The number of rotatable bonds is 6. The molecule has 1 heterocycles. The highest BCUT2D eigenvalue weighted by Crippen LogP contribution is 2.40. The summed E-state index contributed by atoms with van der Waals surface area (Å²) in [7, 11) is 0. The van der Waals surface area contributed by atoms with Crippen LogP contribution < -0.4 is 5.32 Å². The summed E-state index contributed by atoms with van der Waals surface area (Å²) in [6, 6.07) is 37.7. The first-order valence-electron chi connectivity index (χ1n) is 11.5. The number of hydrogen-bond acceptors (Lipinski definition) is 3. The van der Waals surface area contributed by atoms with E-state index in [1.807, 2.05) is 66.7 Å². The number of carbonyl (C=O) groups excluding carboxylic acids is 1. The zero-order chi connectivity index (χ0) is 25.2. The molecule has 0 spiro atoms. The van der Waals surface area contributed by atoms with Gasteiger partial charge in [-0.25, -0.2) is 9.64 Å². The van der Waals surface area contributed by atoms with Gasteiger partial charge in [0.15, 0.2) is 5.69 Å². The molecule has 1 atom stereocenters. The molecule has 0 bridgehead atoms. The lowest BCUT2D eigenvalue weighted by Crippen LogP contribution is -2.36. The molecule has 1 aliphatic heterocycles. The van der Waals surface area contributed by atoms with Crippen molar-refractivity contribution in [2.45, 2.75) is 11.7 Å². The minimum atomic E-state index is -0.793. The molecular weight excluding hydrogens is 548 g/mol. The van der Waals surface area contributed by atoms with Crippen LogP contribution in [0.5, 0.6) is 0 Å². The van der Waals surface area contributed by atoms with Crippen molar-refractivity contribution in [2.24, 2.45) is 0 Å². The number of nitrogens with zero attached hydrogens (tertiary/aromatic N) is 1. The van der Waals surface area contributed by atoms with Gasteiger partial charge >= 0.3 is 6.09 Å². The van der Waals surface area contributed by atoms with Crippen molar-refractivity contribution in [3.63, 3.8) is 0 Å². The first kappa shape index (κ1) is 28.0. The van der Waals surface area contributed by atoms with Crippen molar-refractivity contribution in [1.29, 1.82) is 0 Å². The summed E-state index contributed by atoms with van der Waals surface area (Å²) in [5.41, 5.74) is 2.97. The number of carbonyl (C=O) groups is 1. The van der Waals surface area contributed by atoms with Gasteiger partial charge in [0.1, 0.15) is 11.7 Å². The standard InChI is InChI=1S/C23H21NO3.C7H4BrN.H2S/c25-22-24-16-21(27-22)17-26-23(18-10-4-1-5-11-18,19-12-6-2-7-13-19)20-14-8-3-9-15-20;1-9-7-4-2-6(8)3-5-7;/h1-15,21H,16-17H2,(H,24,25);2-5H;1H2/t21-;;/m0../s1. The molecular formula is C30H27BrN2O3S. The van der Waals surface area contributed by atoms with Crippen molar-refractivity contribution >= 4 is 41.2 Å². The van der Waals surface area contributed by atoms with E-state index < -0.39 is 11.7 Å². The Bertz CT molecular complexity index is 1200. The fraction of sp³-hybridized carbons (Fsp3) is 0.133. The molecule has 0 aromatic heterocycles. The maximum Gasteiger partial charge on any atom is 0.407 e. The van der Waals surface area contributed by atoms with Crippen LogP contribution in [-0.2, 0) is 15.1 Å². The fourth-order valence-electron chi connectivity index (χ4n) is 4.03. The second-order valence-corrected chi connectivity index (χ2v) is 9.00. The third-order valence-corrected chi connectivity index (χ3v) is 6.26. The van der Waals surface area contributed by atoms with Crippen molar-refractivity contribution in [3.8, 4) is 0 Å². The van der Waals surface area contributed by atoms with Gasteiger partial charge in [-0.2, -0.15) is 13.5 Å². The minimum absolute atomic E-state index is 0.